The average Bonchev–Trinajstić information content (AvgIpc) is 2.55. The predicted octanol–water partition coefficient (Wildman–Crippen LogP) is 4.39. The van der Waals surface area contributed by atoms with Gasteiger partial charge in [-0.15, -0.1) is 5.54 Å². The van der Waals surface area contributed by atoms with Crippen LogP contribution in [0.1, 0.15) is 5.56 Å². The molecule has 2 aromatic carbocycles. The van der Waals surface area contributed by atoms with Gasteiger partial charge in [0.2, 0.25) is 0 Å². The van der Waals surface area contributed by atoms with E-state index in [4.69, 9.17) is 20.9 Å². The van der Waals surface area contributed by atoms with Crippen molar-refractivity contribution >= 4 is 42.0 Å². The first-order valence-electron chi connectivity index (χ1n) is 7.72. The molecule has 6 heteroatoms. The molecule has 0 saturated carbocycles. The maximum Gasteiger partial charge on any atom is 0.136 e. The van der Waals surface area contributed by atoms with E-state index in [1.54, 1.807) is 20.3 Å². The first-order chi connectivity index (χ1) is 11.7. The highest BCUT2D eigenvalue weighted by Gasteiger charge is 2.08. The molecule has 4 nitrogen and oxygen atoms in total. The third-order valence-electron chi connectivity index (χ3n) is 2.97. The molecule has 25 heavy (non-hydrogen) atoms. The van der Waals surface area contributed by atoms with Crippen LogP contribution in [-0.4, -0.2) is 22.3 Å². The van der Waals surface area contributed by atoms with E-state index in [2.05, 4.69) is 53.7 Å². The number of benzene rings is 2. The van der Waals surface area contributed by atoms with Crippen molar-refractivity contribution in [3.8, 4) is 23.0 Å². The van der Waals surface area contributed by atoms with Gasteiger partial charge in [0.05, 0.1) is 23.4 Å². The van der Waals surface area contributed by atoms with Gasteiger partial charge in [0.25, 0.3) is 0 Å². The van der Waals surface area contributed by atoms with Gasteiger partial charge in [0.1, 0.15) is 19.6 Å². The molecular formula is C19H25IN2O2Si. The highest BCUT2D eigenvalue weighted by molar-refractivity contribution is 14.1. The lowest BCUT2D eigenvalue weighted by molar-refractivity contribution is 0.412. The molecule has 0 fully saturated rings. The van der Waals surface area contributed by atoms with E-state index in [-0.39, 0.29) is 0 Å². The fraction of sp³-hybridized carbons (Fsp3) is 0.263. The third kappa shape index (κ3) is 7.71. The van der Waals surface area contributed by atoms with Gasteiger partial charge in [-0.1, -0.05) is 25.6 Å². The van der Waals surface area contributed by atoms with Crippen molar-refractivity contribution in [3.63, 3.8) is 0 Å². The van der Waals surface area contributed by atoms with Gasteiger partial charge in [-0.3, -0.25) is 0 Å². The van der Waals surface area contributed by atoms with Gasteiger partial charge in [0.15, 0.2) is 0 Å². The second-order valence-electron chi connectivity index (χ2n) is 6.35. The van der Waals surface area contributed by atoms with E-state index in [1.165, 1.54) is 0 Å². The van der Waals surface area contributed by atoms with Crippen molar-refractivity contribution in [3.05, 3.63) is 45.5 Å². The summed E-state index contributed by atoms with van der Waals surface area (Å²) in [7, 11) is 1.93. The number of rotatable bonds is 2. The van der Waals surface area contributed by atoms with Crippen LogP contribution in [0, 0.1) is 15.0 Å². The summed E-state index contributed by atoms with van der Waals surface area (Å²) >= 11 is 2.20. The van der Waals surface area contributed by atoms with Gasteiger partial charge in [-0.25, -0.2) is 0 Å². The van der Waals surface area contributed by atoms with Crippen LogP contribution < -0.4 is 20.9 Å². The third-order valence-corrected chi connectivity index (χ3v) is 4.74. The van der Waals surface area contributed by atoms with Crippen molar-refractivity contribution in [1.29, 1.82) is 0 Å². The van der Waals surface area contributed by atoms with Gasteiger partial charge in [0, 0.05) is 23.5 Å². The van der Waals surface area contributed by atoms with Crippen molar-refractivity contribution in [1.82, 2.24) is 0 Å². The lowest BCUT2D eigenvalue weighted by Crippen LogP contribution is -2.16. The van der Waals surface area contributed by atoms with Crippen LogP contribution in [0.15, 0.2) is 36.4 Å². The molecule has 0 aromatic heterocycles. The molecule has 0 atom stereocenters. The Kier molecular flexibility index (Phi) is 8.12. The number of methoxy groups -OCH3 is 2. The Morgan fingerprint density at radius 1 is 0.880 bits per heavy atom. The first-order valence-corrected chi connectivity index (χ1v) is 12.3. The minimum Gasteiger partial charge on any atom is -0.496 e. The normalized spacial score (nSPS) is 10.0. The summed E-state index contributed by atoms with van der Waals surface area (Å²) in [5.41, 5.74) is 16.8. The van der Waals surface area contributed by atoms with Crippen LogP contribution in [0.5, 0.6) is 11.5 Å². The molecule has 0 radical (unpaired) electrons. The summed E-state index contributed by atoms with van der Waals surface area (Å²) in [6, 6.07) is 11.1. The second-order valence-corrected chi connectivity index (χ2v) is 12.3. The van der Waals surface area contributed by atoms with Gasteiger partial charge >= 0.3 is 0 Å². The van der Waals surface area contributed by atoms with Gasteiger partial charge < -0.3 is 20.9 Å². The lowest BCUT2D eigenvalue weighted by atomic mass is 10.2. The summed E-state index contributed by atoms with van der Waals surface area (Å²) in [5, 5.41) is 0. The Bertz CT molecular complexity index is 777. The largest absolute Gasteiger partial charge is 0.496 e. The van der Waals surface area contributed by atoms with E-state index in [0.717, 1.165) is 26.3 Å². The minimum atomic E-state index is -1.34. The number of hydrogen-bond acceptors (Lipinski definition) is 4. The lowest BCUT2D eigenvalue weighted by Gasteiger charge is -2.06. The van der Waals surface area contributed by atoms with Crippen LogP contribution in [-0.2, 0) is 0 Å². The second kappa shape index (κ2) is 9.58. The van der Waals surface area contributed by atoms with Gasteiger partial charge in [-0.05, 0) is 46.9 Å². The molecule has 0 saturated heterocycles. The molecule has 0 aliphatic carbocycles. The minimum absolute atomic E-state index is 0.699. The zero-order chi connectivity index (χ0) is 19.0. The Hall–Kier alpha value is -1.85. The summed E-state index contributed by atoms with van der Waals surface area (Å²) in [6.45, 7) is 6.64. The van der Waals surface area contributed by atoms with Crippen molar-refractivity contribution in [2.45, 2.75) is 19.6 Å². The summed E-state index contributed by atoms with van der Waals surface area (Å²) in [4.78, 5) is 0. The Balaban J connectivity index is 0.000000271. The topological polar surface area (TPSA) is 70.5 Å². The standard InChI is InChI=1S/C12H17NOSi.C7H8INO/c1-14-12-9-11(13)6-5-10(12)7-8-15(2,3)4;1-10-7-4-5(9)2-3-6(7)8/h5-6,9H,13H2,1-4H3;2-4H,9H2,1H3. The Labute approximate surface area is 165 Å². The quantitative estimate of drug-likeness (QED) is 0.297. The average molecular weight is 468 g/mol. The summed E-state index contributed by atoms with van der Waals surface area (Å²) in [6.07, 6.45) is 0. The van der Waals surface area contributed by atoms with Crippen LogP contribution in [0.25, 0.3) is 0 Å². The first kappa shape index (κ1) is 21.2. The van der Waals surface area contributed by atoms with E-state index in [0.29, 0.717) is 5.69 Å². The van der Waals surface area contributed by atoms with E-state index in [9.17, 15) is 0 Å². The number of halogens is 1. The number of nitrogen functional groups attached to an aromatic ring is 2. The Morgan fingerprint density at radius 3 is 1.88 bits per heavy atom. The highest BCUT2D eigenvalue weighted by atomic mass is 127. The number of anilines is 2. The number of ether oxygens (including phenoxy) is 2. The maximum absolute atomic E-state index is 5.67. The fourth-order valence-electron chi connectivity index (χ4n) is 1.74. The van der Waals surface area contributed by atoms with E-state index in [1.807, 2.05) is 30.3 Å². The van der Waals surface area contributed by atoms with E-state index >= 15 is 0 Å². The van der Waals surface area contributed by atoms with Crippen molar-refractivity contribution in [2.75, 3.05) is 25.7 Å². The van der Waals surface area contributed by atoms with Crippen molar-refractivity contribution < 1.29 is 9.47 Å². The molecule has 0 aliphatic rings. The molecule has 2 aromatic rings. The summed E-state index contributed by atoms with van der Waals surface area (Å²) < 4.78 is 11.3. The summed E-state index contributed by atoms with van der Waals surface area (Å²) in [5.74, 6) is 4.75. The molecule has 0 aliphatic heterocycles. The van der Waals surface area contributed by atoms with Crippen LogP contribution in [0.2, 0.25) is 19.6 Å². The molecule has 134 valence electrons. The van der Waals surface area contributed by atoms with E-state index < -0.39 is 8.07 Å². The number of hydrogen-bond donors (Lipinski definition) is 2. The smallest absolute Gasteiger partial charge is 0.136 e. The zero-order valence-electron chi connectivity index (χ0n) is 15.3. The monoisotopic (exact) mass is 468 g/mol. The van der Waals surface area contributed by atoms with Gasteiger partial charge in [-0.2, -0.15) is 0 Å². The highest BCUT2D eigenvalue weighted by Crippen LogP contribution is 2.22. The van der Waals surface area contributed by atoms with Crippen LogP contribution in [0.3, 0.4) is 0 Å². The molecule has 0 unspecified atom stereocenters. The molecule has 2 rings (SSSR count). The molecule has 0 heterocycles. The fourth-order valence-corrected chi connectivity index (χ4v) is 2.81. The van der Waals surface area contributed by atoms with Crippen LogP contribution in [0.4, 0.5) is 11.4 Å². The maximum atomic E-state index is 5.67. The Morgan fingerprint density at radius 2 is 1.40 bits per heavy atom. The molecule has 0 bridgehead atoms. The predicted molar refractivity (Wildman–Crippen MR) is 118 cm³/mol. The molecular weight excluding hydrogens is 443 g/mol. The molecule has 0 amide bonds. The number of nitrogens with two attached hydrogens (primary N) is 2. The molecule has 0 spiro atoms. The van der Waals surface area contributed by atoms with Crippen molar-refractivity contribution in [2.24, 2.45) is 0 Å². The molecule has 4 N–H and O–H groups in total. The SMILES string of the molecule is COc1cc(N)ccc1C#C[Si](C)(C)C.COc1cc(N)ccc1I. The van der Waals surface area contributed by atoms with Crippen LogP contribution >= 0.6 is 22.6 Å². The zero-order valence-corrected chi connectivity index (χ0v) is 18.5.